The van der Waals surface area contributed by atoms with Gasteiger partial charge in [0.2, 0.25) is 5.88 Å². The first-order chi connectivity index (χ1) is 9.10. The molecule has 2 rings (SSSR count). The summed E-state index contributed by atoms with van der Waals surface area (Å²) in [7, 11) is 1.45. The highest BCUT2D eigenvalue weighted by Crippen LogP contribution is 2.11. The summed E-state index contributed by atoms with van der Waals surface area (Å²) in [5.41, 5.74) is 0.186. The lowest BCUT2D eigenvalue weighted by atomic mass is 10.1. The Morgan fingerprint density at radius 2 is 1.95 bits per heavy atom. The van der Waals surface area contributed by atoms with Crippen molar-refractivity contribution in [3.63, 3.8) is 0 Å². The molecule has 19 heavy (non-hydrogen) atoms. The molecule has 0 fully saturated rings. The molecule has 2 aromatic rings. The zero-order valence-corrected chi connectivity index (χ0v) is 11.8. The normalized spacial score (nSPS) is 10.2. The van der Waals surface area contributed by atoms with Crippen LogP contribution in [0.2, 0.25) is 0 Å². The molecule has 0 radical (unpaired) electrons. The number of methoxy groups -OCH3 is 1. The van der Waals surface area contributed by atoms with Gasteiger partial charge in [-0.25, -0.2) is 4.68 Å². The molecule has 0 unspecified atom stereocenters. The lowest BCUT2D eigenvalue weighted by Crippen LogP contribution is -2.26. The fraction of sp³-hybridized carbons (Fsp3) is 0.154. The number of ether oxygens (including phenoxy) is 1. The lowest BCUT2D eigenvalue weighted by molar-refractivity contribution is 0.0965. The predicted molar refractivity (Wildman–Crippen MR) is 73.5 cm³/mol. The highest BCUT2D eigenvalue weighted by Gasteiger charge is 2.09. The van der Waals surface area contributed by atoms with Gasteiger partial charge in [0.05, 0.1) is 7.11 Å². The van der Waals surface area contributed by atoms with E-state index in [-0.39, 0.29) is 17.9 Å². The third-order valence-corrected chi connectivity index (χ3v) is 3.04. The van der Waals surface area contributed by atoms with Crippen LogP contribution in [-0.2, 0) is 6.54 Å². The number of aromatic nitrogens is 2. The molecule has 0 atom stereocenters. The number of halogens is 1. The molecular formula is C13H11BrN2O3. The van der Waals surface area contributed by atoms with Gasteiger partial charge in [-0.15, -0.1) is 5.10 Å². The topological polar surface area (TPSA) is 61.2 Å². The molecule has 6 heteroatoms. The number of Topliss-reactive ketones (excluding diaryl/α,β-unsaturated/α-hetero) is 1. The molecule has 1 aromatic carbocycles. The van der Waals surface area contributed by atoms with Crippen LogP contribution in [0.1, 0.15) is 10.4 Å². The van der Waals surface area contributed by atoms with Gasteiger partial charge in [-0.3, -0.25) is 9.59 Å². The quantitative estimate of drug-likeness (QED) is 0.806. The first-order valence-electron chi connectivity index (χ1n) is 5.51. The molecule has 0 bridgehead atoms. The van der Waals surface area contributed by atoms with Crippen molar-refractivity contribution in [2.24, 2.45) is 0 Å². The van der Waals surface area contributed by atoms with E-state index in [1.807, 2.05) is 0 Å². The lowest BCUT2D eigenvalue weighted by Gasteiger charge is -2.05. The first kappa shape index (κ1) is 13.5. The fourth-order valence-corrected chi connectivity index (χ4v) is 1.78. The van der Waals surface area contributed by atoms with Crippen LogP contribution in [0.15, 0.2) is 45.7 Å². The molecule has 0 spiro atoms. The number of hydrogen-bond donors (Lipinski definition) is 0. The van der Waals surface area contributed by atoms with Gasteiger partial charge in [-0.2, -0.15) is 0 Å². The largest absolute Gasteiger partial charge is 0.480 e. The number of benzene rings is 1. The number of nitrogens with zero attached hydrogens (tertiary/aromatic N) is 2. The van der Waals surface area contributed by atoms with Crippen LogP contribution >= 0.6 is 15.9 Å². The Bertz CT molecular complexity index is 650. The minimum atomic E-state index is -0.341. The van der Waals surface area contributed by atoms with E-state index in [1.54, 1.807) is 24.3 Å². The predicted octanol–water partition coefficient (Wildman–Crippen LogP) is 1.90. The Labute approximate surface area is 118 Å². The van der Waals surface area contributed by atoms with Gasteiger partial charge in [0, 0.05) is 22.2 Å². The van der Waals surface area contributed by atoms with Crippen molar-refractivity contribution >= 4 is 21.7 Å². The van der Waals surface area contributed by atoms with Crippen LogP contribution in [0.5, 0.6) is 5.88 Å². The molecule has 5 nitrogen and oxygen atoms in total. The molecule has 0 aliphatic carbocycles. The molecular weight excluding hydrogens is 312 g/mol. The SMILES string of the molecule is COc1ccc(=O)n(CC(=O)c2ccc(Br)cc2)n1. The van der Waals surface area contributed by atoms with Crippen LogP contribution in [-0.4, -0.2) is 22.7 Å². The number of carbonyl (C=O) groups excluding carboxylic acids is 1. The highest BCUT2D eigenvalue weighted by molar-refractivity contribution is 9.10. The smallest absolute Gasteiger partial charge is 0.267 e. The summed E-state index contributed by atoms with van der Waals surface area (Å²) in [5, 5.41) is 3.93. The van der Waals surface area contributed by atoms with E-state index < -0.39 is 0 Å². The van der Waals surface area contributed by atoms with Crippen LogP contribution in [0.4, 0.5) is 0 Å². The number of ketones is 1. The van der Waals surface area contributed by atoms with E-state index in [0.717, 1.165) is 9.15 Å². The van der Waals surface area contributed by atoms with E-state index >= 15 is 0 Å². The van der Waals surface area contributed by atoms with Crippen LogP contribution < -0.4 is 10.3 Å². The number of hydrogen-bond acceptors (Lipinski definition) is 4. The second kappa shape index (κ2) is 5.79. The third kappa shape index (κ3) is 3.29. The summed E-state index contributed by atoms with van der Waals surface area (Å²) in [5.74, 6) is 0.110. The minimum Gasteiger partial charge on any atom is -0.480 e. The summed E-state index contributed by atoms with van der Waals surface area (Å²) < 4.78 is 6.90. The molecule has 0 amide bonds. The molecule has 0 saturated carbocycles. The number of rotatable bonds is 4. The maximum absolute atomic E-state index is 12.0. The maximum atomic E-state index is 12.0. The first-order valence-corrected chi connectivity index (χ1v) is 6.30. The van der Waals surface area contributed by atoms with Gasteiger partial charge in [-0.1, -0.05) is 28.1 Å². The van der Waals surface area contributed by atoms with Crippen molar-refractivity contribution in [1.29, 1.82) is 0 Å². The van der Waals surface area contributed by atoms with Gasteiger partial charge >= 0.3 is 0 Å². The van der Waals surface area contributed by atoms with Crippen LogP contribution in [0.25, 0.3) is 0 Å². The summed E-state index contributed by atoms with van der Waals surface area (Å²) in [6.45, 7) is -0.113. The Kier molecular flexibility index (Phi) is 4.11. The maximum Gasteiger partial charge on any atom is 0.267 e. The zero-order valence-electron chi connectivity index (χ0n) is 10.2. The van der Waals surface area contributed by atoms with Gasteiger partial charge in [0.25, 0.3) is 5.56 Å². The average Bonchev–Trinajstić information content (AvgIpc) is 2.42. The summed E-state index contributed by atoms with van der Waals surface area (Å²) >= 11 is 3.30. The van der Waals surface area contributed by atoms with E-state index in [0.29, 0.717) is 11.4 Å². The second-order valence-electron chi connectivity index (χ2n) is 3.80. The van der Waals surface area contributed by atoms with Crippen molar-refractivity contribution in [1.82, 2.24) is 9.78 Å². The van der Waals surface area contributed by atoms with Gasteiger partial charge in [0.1, 0.15) is 6.54 Å². The molecule has 0 saturated heterocycles. The molecule has 98 valence electrons. The van der Waals surface area contributed by atoms with Crippen molar-refractivity contribution in [3.05, 3.63) is 56.8 Å². The second-order valence-corrected chi connectivity index (χ2v) is 4.72. The van der Waals surface area contributed by atoms with Crippen molar-refractivity contribution in [2.75, 3.05) is 7.11 Å². The highest BCUT2D eigenvalue weighted by atomic mass is 79.9. The summed E-state index contributed by atoms with van der Waals surface area (Å²) in [4.78, 5) is 23.6. The average molecular weight is 323 g/mol. The zero-order chi connectivity index (χ0) is 13.8. The fourth-order valence-electron chi connectivity index (χ4n) is 1.52. The standard InChI is InChI=1S/C13H11BrN2O3/c1-19-12-6-7-13(18)16(15-12)8-11(17)9-2-4-10(14)5-3-9/h2-7H,8H2,1H3. The Balaban J connectivity index is 2.23. The van der Waals surface area contributed by atoms with E-state index in [1.165, 1.54) is 19.2 Å². The van der Waals surface area contributed by atoms with Gasteiger partial charge < -0.3 is 4.74 Å². The van der Waals surface area contributed by atoms with Crippen molar-refractivity contribution in [3.8, 4) is 5.88 Å². The van der Waals surface area contributed by atoms with E-state index in [2.05, 4.69) is 21.0 Å². The van der Waals surface area contributed by atoms with Crippen LogP contribution in [0, 0.1) is 0 Å². The monoisotopic (exact) mass is 322 g/mol. The van der Waals surface area contributed by atoms with Crippen LogP contribution in [0.3, 0.4) is 0 Å². The van der Waals surface area contributed by atoms with Crippen molar-refractivity contribution < 1.29 is 9.53 Å². The molecule has 1 aromatic heterocycles. The Hall–Kier alpha value is -1.95. The van der Waals surface area contributed by atoms with Crippen molar-refractivity contribution in [2.45, 2.75) is 6.54 Å². The molecule has 1 heterocycles. The third-order valence-electron chi connectivity index (χ3n) is 2.51. The molecule has 0 aliphatic heterocycles. The van der Waals surface area contributed by atoms with Gasteiger partial charge in [-0.05, 0) is 12.1 Å². The summed E-state index contributed by atoms with van der Waals surface area (Å²) in [6, 6.07) is 9.71. The van der Waals surface area contributed by atoms with E-state index in [9.17, 15) is 9.59 Å². The summed E-state index contributed by atoms with van der Waals surface area (Å²) in [6.07, 6.45) is 0. The van der Waals surface area contributed by atoms with Gasteiger partial charge in [0.15, 0.2) is 5.78 Å². The minimum absolute atomic E-state index is 0.113. The Morgan fingerprint density at radius 3 is 2.58 bits per heavy atom. The molecule has 0 N–H and O–H groups in total. The Morgan fingerprint density at radius 1 is 1.26 bits per heavy atom. The molecule has 0 aliphatic rings. The van der Waals surface area contributed by atoms with E-state index in [4.69, 9.17) is 4.74 Å². The number of carbonyl (C=O) groups is 1.